The minimum Gasteiger partial charge on any atom is -0.512 e. The topological polar surface area (TPSA) is 63.1 Å². The molecule has 0 saturated heterocycles. The quantitative estimate of drug-likeness (QED) is 0.0521. The smallest absolute Gasteiger partial charge is 0.162 e. The number of thiophene rings is 1. The van der Waals surface area contributed by atoms with E-state index in [1.165, 1.54) is 49.3 Å². The summed E-state index contributed by atoms with van der Waals surface area (Å²) in [5.74, 6) is 2.98. The number of fused-ring (bicyclic) bond motifs is 4. The maximum Gasteiger partial charge on any atom is 0.162 e. The van der Waals surface area contributed by atoms with Gasteiger partial charge in [0.25, 0.3) is 0 Å². The molecular formula is C51H73IrN2O2SSi-. The van der Waals surface area contributed by atoms with Crippen LogP contribution in [0.25, 0.3) is 42.3 Å². The van der Waals surface area contributed by atoms with Gasteiger partial charge in [0.15, 0.2) is 5.78 Å². The zero-order chi connectivity index (χ0) is 42.6. The SMILES string of the molecule is CC(C)C(C(=O)/C=C(\O)C(C(C)C)C(C)C)C(C)C.CC(C)C[Si](C)(CC(C)C)c1cc(-c2ncnc3c2sc2cc(CC(C)(C)C)ccc23)[c-]c2ccccc12.[Ir]. The molecular weight excluding hydrogens is 925 g/mol. The molecule has 1 radical (unpaired) electrons. The number of rotatable bonds is 14. The number of aliphatic hydroxyl groups excluding tert-OH is 1. The zero-order valence-corrected chi connectivity index (χ0v) is 42.7. The van der Waals surface area contributed by atoms with Crippen LogP contribution >= 0.6 is 11.3 Å². The Morgan fingerprint density at radius 1 is 0.793 bits per heavy atom. The second-order valence-corrected chi connectivity index (χ2v) is 26.0. The van der Waals surface area contributed by atoms with Gasteiger partial charge in [0.2, 0.25) is 0 Å². The van der Waals surface area contributed by atoms with Crippen molar-refractivity contribution in [3.8, 4) is 11.3 Å². The molecule has 3 aromatic carbocycles. The van der Waals surface area contributed by atoms with E-state index in [1.807, 2.05) is 11.3 Å². The van der Waals surface area contributed by atoms with Crippen LogP contribution in [0.4, 0.5) is 0 Å². The Bertz CT molecular complexity index is 2130. The molecule has 5 aromatic rings. The van der Waals surface area contributed by atoms with Crippen molar-refractivity contribution >= 4 is 61.5 Å². The fourth-order valence-electron chi connectivity index (χ4n) is 9.71. The fraction of sp³-hybridized carbons (Fsp3) is 0.549. The largest absolute Gasteiger partial charge is 0.512 e. The Balaban J connectivity index is 0.000000384. The van der Waals surface area contributed by atoms with Gasteiger partial charge in [0, 0.05) is 58.5 Å². The number of nitrogens with zero attached hydrogens (tertiary/aromatic N) is 2. The monoisotopic (exact) mass is 998 g/mol. The summed E-state index contributed by atoms with van der Waals surface area (Å²) < 4.78 is 2.47. The molecule has 5 rings (SSSR count). The summed E-state index contributed by atoms with van der Waals surface area (Å²) >= 11 is 1.83. The third-order valence-corrected chi connectivity index (χ3v) is 17.6. The Hall–Kier alpha value is -2.70. The summed E-state index contributed by atoms with van der Waals surface area (Å²) in [6.07, 6.45) is 4.29. The summed E-state index contributed by atoms with van der Waals surface area (Å²) in [5, 5.41) is 15.6. The van der Waals surface area contributed by atoms with Gasteiger partial charge in [-0.15, -0.1) is 40.1 Å². The molecule has 1 N–H and O–H groups in total. The fourth-order valence-corrected chi connectivity index (χ4v) is 16.5. The average Bonchev–Trinajstić information content (AvgIpc) is 3.43. The molecule has 58 heavy (non-hydrogen) atoms. The van der Waals surface area contributed by atoms with Gasteiger partial charge in [-0.1, -0.05) is 164 Å². The van der Waals surface area contributed by atoms with Gasteiger partial charge in [0.1, 0.15) is 6.33 Å². The molecule has 0 fully saturated rings. The van der Waals surface area contributed by atoms with Crippen molar-refractivity contribution in [2.75, 3.05) is 0 Å². The molecule has 319 valence electrons. The van der Waals surface area contributed by atoms with Crippen molar-refractivity contribution in [1.29, 1.82) is 0 Å². The first-order valence-corrected chi connectivity index (χ1v) is 25.3. The first-order chi connectivity index (χ1) is 26.5. The van der Waals surface area contributed by atoms with Crippen molar-refractivity contribution < 1.29 is 30.0 Å². The molecule has 0 aliphatic carbocycles. The van der Waals surface area contributed by atoms with Crippen LogP contribution in [-0.4, -0.2) is 28.9 Å². The van der Waals surface area contributed by atoms with Crippen LogP contribution < -0.4 is 5.19 Å². The van der Waals surface area contributed by atoms with Gasteiger partial charge in [0.05, 0.1) is 19.3 Å². The van der Waals surface area contributed by atoms with Crippen molar-refractivity contribution in [1.82, 2.24) is 9.97 Å². The van der Waals surface area contributed by atoms with Crippen molar-refractivity contribution in [2.24, 2.45) is 52.8 Å². The van der Waals surface area contributed by atoms with Crippen LogP contribution in [0.15, 0.2) is 66.7 Å². The van der Waals surface area contributed by atoms with Crippen LogP contribution in [0, 0.1) is 58.8 Å². The molecule has 0 aliphatic rings. The van der Waals surface area contributed by atoms with E-state index in [-0.39, 0.29) is 48.9 Å². The second-order valence-electron chi connectivity index (χ2n) is 20.5. The molecule has 0 atom stereocenters. The predicted molar refractivity (Wildman–Crippen MR) is 252 cm³/mol. The molecule has 0 amide bonds. The summed E-state index contributed by atoms with van der Waals surface area (Å²) in [5.41, 5.74) is 4.83. The van der Waals surface area contributed by atoms with Gasteiger partial charge in [-0.25, -0.2) is 4.98 Å². The van der Waals surface area contributed by atoms with Crippen LogP contribution in [0.2, 0.25) is 18.6 Å². The molecule has 0 unspecified atom stereocenters. The summed E-state index contributed by atoms with van der Waals surface area (Å²) in [7, 11) is -1.77. The Labute approximate surface area is 370 Å². The molecule has 4 nitrogen and oxygen atoms in total. The number of benzene rings is 3. The number of hydrogen-bond donors (Lipinski definition) is 1. The van der Waals surface area contributed by atoms with Crippen LogP contribution in [0.5, 0.6) is 0 Å². The van der Waals surface area contributed by atoms with Crippen LogP contribution in [-0.2, 0) is 31.3 Å². The number of aromatic nitrogens is 2. The molecule has 0 saturated carbocycles. The molecule has 0 spiro atoms. The molecule has 0 bridgehead atoms. The zero-order valence-electron chi connectivity index (χ0n) is 38.5. The maximum atomic E-state index is 12.3. The molecule has 0 aliphatic heterocycles. The van der Waals surface area contributed by atoms with Crippen LogP contribution in [0.1, 0.15) is 109 Å². The minimum atomic E-state index is -1.77. The Morgan fingerprint density at radius 3 is 1.90 bits per heavy atom. The van der Waals surface area contributed by atoms with Gasteiger partial charge < -0.3 is 5.11 Å². The summed E-state index contributed by atoms with van der Waals surface area (Å²) in [6, 6.07) is 24.6. The van der Waals surface area contributed by atoms with E-state index in [9.17, 15) is 9.90 Å². The summed E-state index contributed by atoms with van der Waals surface area (Å²) in [6.45, 7) is 35.6. The standard InChI is InChI=1S/C34H41N2SSi.C17H32O2.Ir/c1-22(2)19-38(8,20-23(3)4)30-17-26(16-25-11-9-10-12-27(25)30)31-33-32(36-21-35-31)28-14-13-24(15-29(28)37-33)18-34(5,6)7;1-10(2)16(11(3)4)14(18)9-15(19)17(12(5)6)13(7)8;/h9-15,17,21-23H,18-20H2,1-8H3;9-13,16-18H,1-8H3;/q-1;;/b;14-9-;. The molecule has 7 heteroatoms. The maximum absolute atomic E-state index is 12.3. The number of carbonyl (C=O) groups excluding carboxylic acids is 1. The molecule has 2 heterocycles. The Kier molecular flexibility index (Phi) is 17.7. The second kappa shape index (κ2) is 20.7. The Morgan fingerprint density at radius 2 is 1.36 bits per heavy atom. The van der Waals surface area contributed by atoms with Crippen molar-refractivity contribution in [3.05, 3.63) is 78.3 Å². The van der Waals surface area contributed by atoms with Crippen molar-refractivity contribution in [2.45, 2.75) is 129 Å². The van der Waals surface area contributed by atoms with E-state index in [1.54, 1.807) is 11.5 Å². The normalized spacial score (nSPS) is 13.0. The van der Waals surface area contributed by atoms with Gasteiger partial charge in [-0.05, 0) is 59.0 Å². The minimum absolute atomic E-state index is 0. The van der Waals surface area contributed by atoms with E-state index in [0.717, 1.165) is 23.2 Å². The predicted octanol–water partition coefficient (Wildman–Crippen LogP) is 14.5. The average molecular weight is 999 g/mol. The van der Waals surface area contributed by atoms with E-state index in [2.05, 4.69) is 165 Å². The van der Waals surface area contributed by atoms with E-state index >= 15 is 0 Å². The third-order valence-electron chi connectivity index (χ3n) is 11.3. The third kappa shape index (κ3) is 12.4. The van der Waals surface area contributed by atoms with E-state index < -0.39 is 8.07 Å². The first kappa shape index (κ1) is 49.7. The van der Waals surface area contributed by atoms with Gasteiger partial charge in [-0.3, -0.25) is 9.78 Å². The number of carbonyl (C=O) groups is 1. The van der Waals surface area contributed by atoms with Crippen LogP contribution in [0.3, 0.4) is 0 Å². The van der Waals surface area contributed by atoms with Gasteiger partial charge in [-0.2, -0.15) is 0 Å². The van der Waals surface area contributed by atoms with E-state index in [4.69, 9.17) is 9.97 Å². The molecule has 2 aromatic heterocycles. The number of ketones is 1. The first-order valence-electron chi connectivity index (χ1n) is 21.6. The number of aliphatic hydroxyl groups is 1. The number of allylic oxidation sites excluding steroid dienone is 2. The van der Waals surface area contributed by atoms with Gasteiger partial charge >= 0.3 is 0 Å². The van der Waals surface area contributed by atoms with E-state index in [0.29, 0.717) is 35.5 Å². The van der Waals surface area contributed by atoms with Crippen molar-refractivity contribution in [3.63, 3.8) is 0 Å². The number of hydrogen-bond acceptors (Lipinski definition) is 5. The summed E-state index contributed by atoms with van der Waals surface area (Å²) in [4.78, 5) is 22.0.